The fraction of sp³-hybridized carbons (Fsp3) is 0.348. The lowest BCUT2D eigenvalue weighted by molar-refractivity contribution is 0.102. The molecule has 1 N–H and O–H groups in total. The Hall–Kier alpha value is -2.57. The van der Waals surface area contributed by atoms with E-state index < -0.39 is 5.91 Å². The number of amides is 1. The van der Waals surface area contributed by atoms with Gasteiger partial charge in [-0.05, 0) is 54.3 Å². The molecule has 0 radical (unpaired) electrons. The molecule has 0 fully saturated rings. The standard InChI is InChI=1S/C23H25Cl2N3O3/c1-4-5-6-7-10-30-21-18(24)12-16(13-19(21)25)23(29)26-22-20(27-31-28-22)17-11-14(2)8-9-15(17)3/h8-9,11-13H,4-7,10H2,1-3H3,(H,26,28,29). The zero-order valence-electron chi connectivity index (χ0n) is 17.8. The van der Waals surface area contributed by atoms with Crippen LogP contribution in [-0.4, -0.2) is 22.8 Å². The molecule has 3 aromatic rings. The maximum absolute atomic E-state index is 12.8. The molecule has 0 saturated carbocycles. The number of aryl methyl sites for hydroxylation is 2. The van der Waals surface area contributed by atoms with Crippen LogP contribution in [0.2, 0.25) is 10.0 Å². The molecule has 1 aromatic heterocycles. The molecule has 164 valence electrons. The molecule has 0 spiro atoms. The number of anilines is 1. The predicted molar refractivity (Wildman–Crippen MR) is 123 cm³/mol. The summed E-state index contributed by atoms with van der Waals surface area (Å²) in [6.07, 6.45) is 4.31. The maximum atomic E-state index is 12.8. The molecule has 1 heterocycles. The van der Waals surface area contributed by atoms with Crippen molar-refractivity contribution >= 4 is 34.9 Å². The number of halogens is 2. The van der Waals surface area contributed by atoms with Crippen LogP contribution in [0.1, 0.15) is 54.1 Å². The molecule has 2 aromatic carbocycles. The second-order valence-electron chi connectivity index (χ2n) is 7.41. The first-order valence-electron chi connectivity index (χ1n) is 10.2. The normalized spacial score (nSPS) is 10.9. The first kappa shape index (κ1) is 23.1. The molecule has 1 amide bonds. The van der Waals surface area contributed by atoms with Gasteiger partial charge in [-0.3, -0.25) is 4.79 Å². The number of hydrogen-bond acceptors (Lipinski definition) is 5. The highest BCUT2D eigenvalue weighted by atomic mass is 35.5. The van der Waals surface area contributed by atoms with Gasteiger partial charge in [-0.25, -0.2) is 4.63 Å². The van der Waals surface area contributed by atoms with Crippen molar-refractivity contribution in [1.82, 2.24) is 10.3 Å². The average molecular weight is 462 g/mol. The van der Waals surface area contributed by atoms with Gasteiger partial charge in [-0.15, -0.1) is 0 Å². The highest BCUT2D eigenvalue weighted by Crippen LogP contribution is 2.35. The van der Waals surface area contributed by atoms with Gasteiger partial charge in [-0.1, -0.05) is 67.1 Å². The van der Waals surface area contributed by atoms with Crippen LogP contribution in [-0.2, 0) is 0 Å². The molecule has 0 aliphatic carbocycles. The number of hydrogen-bond donors (Lipinski definition) is 1. The van der Waals surface area contributed by atoms with Crippen LogP contribution in [0, 0.1) is 13.8 Å². The van der Waals surface area contributed by atoms with Crippen molar-refractivity contribution in [2.45, 2.75) is 46.5 Å². The number of aromatic nitrogens is 2. The molecule has 8 heteroatoms. The SMILES string of the molecule is CCCCCCOc1c(Cl)cc(C(=O)Nc2nonc2-c2cc(C)ccc2C)cc1Cl. The van der Waals surface area contributed by atoms with E-state index in [0.29, 0.717) is 18.1 Å². The van der Waals surface area contributed by atoms with Gasteiger partial charge in [-0.2, -0.15) is 0 Å². The molecule has 0 aliphatic rings. The van der Waals surface area contributed by atoms with Gasteiger partial charge in [0.1, 0.15) is 0 Å². The highest BCUT2D eigenvalue weighted by molar-refractivity contribution is 6.37. The van der Waals surface area contributed by atoms with Gasteiger partial charge in [0.05, 0.1) is 16.7 Å². The molecular formula is C23H25Cl2N3O3. The van der Waals surface area contributed by atoms with Crippen molar-refractivity contribution < 1.29 is 14.2 Å². The highest BCUT2D eigenvalue weighted by Gasteiger charge is 2.20. The Kier molecular flexibility index (Phi) is 7.93. The first-order chi connectivity index (χ1) is 14.9. The summed E-state index contributed by atoms with van der Waals surface area (Å²) in [5.74, 6) is 0.179. The minimum atomic E-state index is -0.430. The Bertz CT molecular complexity index is 1040. The second-order valence-corrected chi connectivity index (χ2v) is 8.23. The van der Waals surface area contributed by atoms with Gasteiger partial charge in [0.15, 0.2) is 11.4 Å². The van der Waals surface area contributed by atoms with Crippen molar-refractivity contribution in [1.29, 1.82) is 0 Å². The van der Waals surface area contributed by atoms with Crippen molar-refractivity contribution in [2.75, 3.05) is 11.9 Å². The number of nitrogens with one attached hydrogen (secondary N) is 1. The molecular weight excluding hydrogens is 437 g/mol. The topological polar surface area (TPSA) is 77.2 Å². The summed E-state index contributed by atoms with van der Waals surface area (Å²) >= 11 is 12.7. The molecule has 31 heavy (non-hydrogen) atoms. The van der Waals surface area contributed by atoms with Crippen LogP contribution >= 0.6 is 23.2 Å². The van der Waals surface area contributed by atoms with Crippen LogP contribution in [0.4, 0.5) is 5.82 Å². The summed E-state index contributed by atoms with van der Waals surface area (Å²) in [5, 5.41) is 11.1. The number of benzene rings is 2. The summed E-state index contributed by atoms with van der Waals surface area (Å²) in [5.41, 5.74) is 3.62. The third kappa shape index (κ3) is 5.77. The summed E-state index contributed by atoms with van der Waals surface area (Å²) < 4.78 is 10.6. The summed E-state index contributed by atoms with van der Waals surface area (Å²) in [6, 6.07) is 8.99. The Balaban J connectivity index is 1.75. The van der Waals surface area contributed by atoms with Gasteiger partial charge >= 0.3 is 0 Å². The summed E-state index contributed by atoms with van der Waals surface area (Å²) in [6.45, 7) is 6.61. The largest absolute Gasteiger partial charge is 0.490 e. The first-order valence-corrected chi connectivity index (χ1v) is 11.0. The van der Waals surface area contributed by atoms with E-state index in [-0.39, 0.29) is 21.4 Å². The van der Waals surface area contributed by atoms with E-state index in [2.05, 4.69) is 22.6 Å². The van der Waals surface area contributed by atoms with Gasteiger partial charge < -0.3 is 10.1 Å². The van der Waals surface area contributed by atoms with Gasteiger partial charge in [0.2, 0.25) is 5.82 Å². The minimum Gasteiger partial charge on any atom is -0.490 e. The fourth-order valence-electron chi connectivity index (χ4n) is 3.15. The Morgan fingerprint density at radius 3 is 2.52 bits per heavy atom. The van der Waals surface area contributed by atoms with E-state index in [0.717, 1.165) is 42.4 Å². The molecule has 0 atom stereocenters. The van der Waals surface area contributed by atoms with Crippen molar-refractivity contribution in [3.63, 3.8) is 0 Å². The monoisotopic (exact) mass is 461 g/mol. The van der Waals surface area contributed by atoms with E-state index in [4.69, 9.17) is 32.6 Å². The second kappa shape index (κ2) is 10.6. The van der Waals surface area contributed by atoms with Crippen molar-refractivity contribution in [3.05, 3.63) is 57.1 Å². The van der Waals surface area contributed by atoms with E-state index >= 15 is 0 Å². The molecule has 0 saturated heterocycles. The zero-order chi connectivity index (χ0) is 22.4. The fourth-order valence-corrected chi connectivity index (χ4v) is 3.75. The Morgan fingerprint density at radius 1 is 1.06 bits per heavy atom. The maximum Gasteiger partial charge on any atom is 0.257 e. The predicted octanol–water partition coefficient (Wildman–Crippen LogP) is 6.87. The van der Waals surface area contributed by atoms with Crippen LogP contribution in [0.5, 0.6) is 5.75 Å². The van der Waals surface area contributed by atoms with E-state index in [1.807, 2.05) is 32.0 Å². The zero-order valence-corrected chi connectivity index (χ0v) is 19.3. The number of carbonyl (C=O) groups is 1. The average Bonchev–Trinajstić information content (AvgIpc) is 3.19. The smallest absolute Gasteiger partial charge is 0.257 e. The molecule has 0 unspecified atom stereocenters. The summed E-state index contributed by atoms with van der Waals surface area (Å²) in [7, 11) is 0. The summed E-state index contributed by atoms with van der Waals surface area (Å²) in [4.78, 5) is 12.8. The third-order valence-electron chi connectivity index (χ3n) is 4.87. The Morgan fingerprint density at radius 2 is 1.81 bits per heavy atom. The Labute approximate surface area is 191 Å². The van der Waals surface area contributed by atoms with Gasteiger partial charge in [0, 0.05) is 11.1 Å². The van der Waals surface area contributed by atoms with Crippen LogP contribution in [0.3, 0.4) is 0 Å². The number of nitrogens with zero attached hydrogens (tertiary/aromatic N) is 2. The molecule has 6 nitrogen and oxygen atoms in total. The lowest BCUT2D eigenvalue weighted by Crippen LogP contribution is -2.13. The van der Waals surface area contributed by atoms with Crippen molar-refractivity contribution in [3.8, 4) is 17.0 Å². The quantitative estimate of drug-likeness (QED) is 0.351. The number of unbranched alkanes of at least 4 members (excludes halogenated alkanes) is 3. The van der Waals surface area contributed by atoms with Crippen LogP contribution in [0.25, 0.3) is 11.3 Å². The minimum absolute atomic E-state index is 0.224. The lowest BCUT2D eigenvalue weighted by Gasteiger charge is -2.12. The van der Waals surface area contributed by atoms with Crippen LogP contribution < -0.4 is 10.1 Å². The van der Waals surface area contributed by atoms with E-state index in [9.17, 15) is 4.79 Å². The van der Waals surface area contributed by atoms with Crippen LogP contribution in [0.15, 0.2) is 35.0 Å². The van der Waals surface area contributed by atoms with Gasteiger partial charge in [0.25, 0.3) is 5.91 Å². The van der Waals surface area contributed by atoms with E-state index in [1.54, 1.807) is 0 Å². The number of carbonyl (C=O) groups excluding carboxylic acids is 1. The van der Waals surface area contributed by atoms with E-state index in [1.165, 1.54) is 12.1 Å². The lowest BCUT2D eigenvalue weighted by atomic mass is 10.0. The molecule has 3 rings (SSSR count). The molecule has 0 bridgehead atoms. The third-order valence-corrected chi connectivity index (χ3v) is 5.43. The molecule has 0 aliphatic heterocycles. The number of ether oxygens (including phenoxy) is 1. The van der Waals surface area contributed by atoms with Crippen molar-refractivity contribution in [2.24, 2.45) is 0 Å². The number of rotatable bonds is 9.